The Balaban J connectivity index is 1.29. The monoisotopic (exact) mass is 602 g/mol. The number of hydrogen-bond acceptors (Lipinski definition) is 8. The second-order valence-electron chi connectivity index (χ2n) is 10.3. The minimum Gasteiger partial charge on any atom is -0.506 e. The van der Waals surface area contributed by atoms with Crippen LogP contribution in [-0.2, 0) is 37.4 Å². The maximum atomic E-state index is 11.9. The van der Waals surface area contributed by atoms with Gasteiger partial charge in [0.2, 0.25) is 0 Å². The fraction of sp³-hybridized carbons (Fsp3) is 0.303. The molecule has 226 valence electrons. The Morgan fingerprint density at radius 3 is 1.95 bits per heavy atom. The van der Waals surface area contributed by atoms with Gasteiger partial charge in [0.05, 0.1) is 16.4 Å². The first-order valence-corrected chi connectivity index (χ1v) is 14.8. The normalized spacial score (nSPS) is 12.0. The quantitative estimate of drug-likeness (QED) is 0.108. The summed E-state index contributed by atoms with van der Waals surface area (Å²) in [4.78, 5) is 23.0. The Morgan fingerprint density at radius 1 is 0.791 bits per heavy atom. The summed E-state index contributed by atoms with van der Waals surface area (Å²) in [6.07, 6.45) is 3.74. The third kappa shape index (κ3) is 11.1. The third-order valence-corrected chi connectivity index (χ3v) is 7.35. The van der Waals surface area contributed by atoms with Gasteiger partial charge in [-0.05, 0) is 47.0 Å². The van der Waals surface area contributed by atoms with Gasteiger partial charge < -0.3 is 26.2 Å². The van der Waals surface area contributed by atoms with Crippen LogP contribution in [0.4, 0.5) is 0 Å². The average molecular weight is 603 g/mol. The molecule has 2 aromatic heterocycles. The number of aliphatic carboxylic acids is 1. The van der Waals surface area contributed by atoms with Crippen molar-refractivity contribution in [2.45, 2.75) is 38.6 Å². The number of phenolic OH excluding ortho intramolecular Hbond substituents is 1. The number of carboxylic acid groups (broad SMARTS) is 1. The molecule has 9 nitrogen and oxygen atoms in total. The van der Waals surface area contributed by atoms with Crippen LogP contribution in [0, 0.1) is 0 Å². The van der Waals surface area contributed by atoms with Gasteiger partial charge in [0.15, 0.2) is 0 Å². The summed E-state index contributed by atoms with van der Waals surface area (Å²) < 4.78 is 0. The van der Waals surface area contributed by atoms with Crippen molar-refractivity contribution in [2.75, 3.05) is 26.2 Å². The van der Waals surface area contributed by atoms with E-state index in [4.69, 9.17) is 11.6 Å². The molecule has 4 rings (SSSR count). The zero-order valence-electron chi connectivity index (χ0n) is 24.1. The number of para-hydroxylation sites is 1. The van der Waals surface area contributed by atoms with E-state index in [0.717, 1.165) is 62.8 Å². The lowest BCUT2D eigenvalue weighted by atomic mass is 10.0. The van der Waals surface area contributed by atoms with Gasteiger partial charge in [0, 0.05) is 71.2 Å². The van der Waals surface area contributed by atoms with Crippen LogP contribution >= 0.6 is 11.6 Å². The number of aromatic hydroxyl groups is 1. The molecular formula is C33H39ClN6O3. The lowest BCUT2D eigenvalue weighted by Gasteiger charge is -2.23. The van der Waals surface area contributed by atoms with Gasteiger partial charge in [-0.15, -0.1) is 0 Å². The van der Waals surface area contributed by atoms with Crippen molar-refractivity contribution in [3.8, 4) is 5.75 Å². The van der Waals surface area contributed by atoms with E-state index in [0.29, 0.717) is 12.1 Å². The highest BCUT2D eigenvalue weighted by atomic mass is 35.5. The van der Waals surface area contributed by atoms with Crippen LogP contribution in [0.25, 0.3) is 0 Å². The highest BCUT2D eigenvalue weighted by Crippen LogP contribution is 2.27. The van der Waals surface area contributed by atoms with Crippen molar-refractivity contribution in [1.82, 2.24) is 30.8 Å². The van der Waals surface area contributed by atoms with Crippen LogP contribution in [0.5, 0.6) is 5.75 Å². The number of nitrogens with zero attached hydrogens (tertiary/aromatic N) is 3. The van der Waals surface area contributed by atoms with E-state index < -0.39 is 12.0 Å². The van der Waals surface area contributed by atoms with E-state index in [-0.39, 0.29) is 17.2 Å². The molecule has 4 aromatic rings. The summed E-state index contributed by atoms with van der Waals surface area (Å²) in [7, 11) is 0. The molecule has 0 saturated carbocycles. The summed E-state index contributed by atoms with van der Waals surface area (Å²) in [5, 5.41) is 30.2. The first kappa shape index (κ1) is 32.1. The van der Waals surface area contributed by atoms with Crippen LogP contribution in [0.1, 0.15) is 28.1 Å². The predicted octanol–water partition coefficient (Wildman–Crippen LogP) is 4.00. The molecule has 1 atom stereocenters. The SMILES string of the molecule is O=C(O)C(Cc1cccc(Cl)c1O)NCc1ccc(CN(CCNCc2ccccn2)CCNCc2ccccn2)cc1. The Bertz CT molecular complexity index is 1350. The summed E-state index contributed by atoms with van der Waals surface area (Å²) in [6, 6.07) is 24.2. The van der Waals surface area contributed by atoms with Gasteiger partial charge in [-0.1, -0.05) is 60.1 Å². The molecule has 43 heavy (non-hydrogen) atoms. The van der Waals surface area contributed by atoms with E-state index >= 15 is 0 Å². The molecule has 0 aliphatic rings. The largest absolute Gasteiger partial charge is 0.506 e. The molecule has 1 unspecified atom stereocenters. The highest BCUT2D eigenvalue weighted by Gasteiger charge is 2.20. The maximum absolute atomic E-state index is 11.9. The lowest BCUT2D eigenvalue weighted by Crippen LogP contribution is -2.38. The second kappa shape index (κ2) is 17.3. The molecule has 0 radical (unpaired) electrons. The molecule has 10 heteroatoms. The standard InChI is InChI=1S/C33H39ClN6O3/c34-30-9-5-6-27(32(30)41)20-31(33(42)43)39-21-25-10-12-26(13-11-25)24-40(18-16-35-22-28-7-1-3-14-37-28)19-17-36-23-29-8-2-4-15-38-29/h1-15,31,35-36,39,41H,16-24H2,(H,42,43). The van der Waals surface area contributed by atoms with E-state index in [2.05, 4.69) is 43.0 Å². The molecule has 0 saturated heterocycles. The zero-order chi connectivity index (χ0) is 30.3. The highest BCUT2D eigenvalue weighted by molar-refractivity contribution is 6.32. The Labute approximate surface area is 258 Å². The summed E-state index contributed by atoms with van der Waals surface area (Å²) in [5.41, 5.74) is 4.68. The van der Waals surface area contributed by atoms with Crippen molar-refractivity contribution in [3.63, 3.8) is 0 Å². The smallest absolute Gasteiger partial charge is 0.321 e. The molecule has 0 aliphatic carbocycles. The Hall–Kier alpha value is -3.86. The van der Waals surface area contributed by atoms with Gasteiger partial charge in [0.1, 0.15) is 11.8 Å². The predicted molar refractivity (Wildman–Crippen MR) is 169 cm³/mol. The van der Waals surface area contributed by atoms with Gasteiger partial charge in [-0.25, -0.2) is 0 Å². The number of phenols is 1. The third-order valence-electron chi connectivity index (χ3n) is 7.05. The number of carboxylic acids is 1. The molecule has 2 heterocycles. The Morgan fingerprint density at radius 2 is 1.40 bits per heavy atom. The number of carbonyl (C=O) groups is 1. The number of aromatic nitrogens is 2. The second-order valence-corrected chi connectivity index (χ2v) is 10.7. The molecule has 0 spiro atoms. The van der Waals surface area contributed by atoms with Crippen LogP contribution in [0.3, 0.4) is 0 Å². The van der Waals surface area contributed by atoms with Crippen molar-refractivity contribution >= 4 is 17.6 Å². The van der Waals surface area contributed by atoms with Crippen molar-refractivity contribution in [1.29, 1.82) is 0 Å². The number of nitrogens with one attached hydrogen (secondary N) is 3. The molecule has 5 N–H and O–H groups in total. The zero-order valence-corrected chi connectivity index (χ0v) is 24.9. The molecule has 0 aliphatic heterocycles. The molecule has 2 aromatic carbocycles. The number of rotatable bonds is 18. The first-order chi connectivity index (χ1) is 21.0. The van der Waals surface area contributed by atoms with Crippen molar-refractivity contribution < 1.29 is 15.0 Å². The molecular weight excluding hydrogens is 564 g/mol. The number of pyridine rings is 2. The Kier molecular flexibility index (Phi) is 12.9. The van der Waals surface area contributed by atoms with Gasteiger partial charge >= 0.3 is 5.97 Å². The lowest BCUT2D eigenvalue weighted by molar-refractivity contribution is -0.139. The summed E-state index contributed by atoms with van der Waals surface area (Å²) in [6.45, 7) is 6.03. The maximum Gasteiger partial charge on any atom is 0.321 e. The van der Waals surface area contributed by atoms with Gasteiger partial charge in [-0.2, -0.15) is 0 Å². The average Bonchev–Trinajstić information content (AvgIpc) is 3.03. The summed E-state index contributed by atoms with van der Waals surface area (Å²) in [5.74, 6) is -1.06. The minimum atomic E-state index is -0.986. The fourth-order valence-electron chi connectivity index (χ4n) is 4.64. The number of hydrogen-bond donors (Lipinski definition) is 5. The van der Waals surface area contributed by atoms with Crippen molar-refractivity contribution in [2.24, 2.45) is 0 Å². The number of halogens is 1. The van der Waals surface area contributed by atoms with Crippen LogP contribution in [0.2, 0.25) is 5.02 Å². The first-order valence-electron chi connectivity index (χ1n) is 14.4. The summed E-state index contributed by atoms with van der Waals surface area (Å²) >= 11 is 5.99. The van der Waals surface area contributed by atoms with Crippen LogP contribution in [0.15, 0.2) is 91.3 Å². The van der Waals surface area contributed by atoms with Gasteiger partial charge in [-0.3, -0.25) is 19.7 Å². The molecule has 0 bridgehead atoms. The minimum absolute atomic E-state index is 0.0787. The topological polar surface area (TPSA) is 123 Å². The number of benzene rings is 2. The fourth-order valence-corrected chi connectivity index (χ4v) is 4.83. The molecule has 0 amide bonds. The van der Waals surface area contributed by atoms with E-state index in [1.807, 2.05) is 60.9 Å². The molecule has 0 fully saturated rings. The van der Waals surface area contributed by atoms with Crippen LogP contribution in [-0.4, -0.2) is 63.3 Å². The van der Waals surface area contributed by atoms with E-state index in [1.54, 1.807) is 18.2 Å². The van der Waals surface area contributed by atoms with E-state index in [1.165, 1.54) is 5.56 Å². The van der Waals surface area contributed by atoms with E-state index in [9.17, 15) is 15.0 Å². The van der Waals surface area contributed by atoms with Gasteiger partial charge in [0.25, 0.3) is 0 Å². The van der Waals surface area contributed by atoms with Crippen molar-refractivity contribution in [3.05, 3.63) is 124 Å². The van der Waals surface area contributed by atoms with Crippen LogP contribution < -0.4 is 16.0 Å².